The molecular formula is C27H24O10. The summed E-state index contributed by atoms with van der Waals surface area (Å²) in [7, 11) is 1.42. The smallest absolute Gasteiger partial charge is 0.238 e. The van der Waals surface area contributed by atoms with Gasteiger partial charge in [-0.05, 0) is 37.3 Å². The number of aliphatic hydroxyl groups is 1. The molecule has 0 radical (unpaired) electrons. The molecule has 2 unspecified atom stereocenters. The summed E-state index contributed by atoms with van der Waals surface area (Å²) >= 11 is 0. The maximum Gasteiger partial charge on any atom is 0.238 e. The van der Waals surface area contributed by atoms with E-state index >= 15 is 0 Å². The van der Waals surface area contributed by atoms with Crippen molar-refractivity contribution in [3.05, 3.63) is 64.3 Å². The van der Waals surface area contributed by atoms with Crippen molar-refractivity contribution in [2.24, 2.45) is 0 Å². The normalized spacial score (nSPS) is 16.5. The Morgan fingerprint density at radius 3 is 2.49 bits per heavy atom. The van der Waals surface area contributed by atoms with E-state index in [-0.39, 0.29) is 46.3 Å². The lowest BCUT2D eigenvalue weighted by Crippen LogP contribution is -2.36. The molecule has 0 aliphatic carbocycles. The zero-order valence-corrected chi connectivity index (χ0v) is 19.9. The fraction of sp³-hybridized carbons (Fsp3) is 0.222. The second-order valence-corrected chi connectivity index (χ2v) is 8.33. The number of rotatable bonds is 6. The van der Waals surface area contributed by atoms with E-state index in [2.05, 4.69) is 0 Å². The van der Waals surface area contributed by atoms with E-state index in [0.29, 0.717) is 29.2 Å². The van der Waals surface area contributed by atoms with Gasteiger partial charge in [0.2, 0.25) is 11.2 Å². The van der Waals surface area contributed by atoms with Gasteiger partial charge in [-0.15, -0.1) is 0 Å². The number of methoxy groups -OCH3 is 1. The van der Waals surface area contributed by atoms with Crippen molar-refractivity contribution < 1.29 is 43.8 Å². The number of aromatic hydroxyl groups is 3. The fourth-order valence-corrected chi connectivity index (χ4v) is 4.27. The highest BCUT2D eigenvalue weighted by Crippen LogP contribution is 2.44. The van der Waals surface area contributed by atoms with Gasteiger partial charge in [-0.3, -0.25) is 4.79 Å². The van der Waals surface area contributed by atoms with Crippen molar-refractivity contribution in [1.29, 1.82) is 0 Å². The van der Waals surface area contributed by atoms with E-state index in [9.17, 15) is 25.2 Å². The minimum absolute atomic E-state index is 0.0329. The van der Waals surface area contributed by atoms with Gasteiger partial charge >= 0.3 is 0 Å². The van der Waals surface area contributed by atoms with Crippen molar-refractivity contribution in [3.63, 3.8) is 0 Å². The molecule has 4 N–H and O–H groups in total. The van der Waals surface area contributed by atoms with Crippen molar-refractivity contribution in [2.45, 2.75) is 19.1 Å². The number of hydrogen-bond donors (Lipinski definition) is 4. The van der Waals surface area contributed by atoms with Crippen LogP contribution in [0.25, 0.3) is 22.3 Å². The molecule has 10 nitrogen and oxygen atoms in total. The van der Waals surface area contributed by atoms with E-state index in [0.717, 1.165) is 0 Å². The van der Waals surface area contributed by atoms with Crippen LogP contribution >= 0.6 is 0 Å². The number of aliphatic hydroxyl groups excluding tert-OH is 1. The first-order valence-corrected chi connectivity index (χ1v) is 11.5. The second-order valence-electron chi connectivity index (χ2n) is 8.33. The molecule has 1 aliphatic rings. The highest BCUT2D eigenvalue weighted by molar-refractivity contribution is 5.88. The van der Waals surface area contributed by atoms with Crippen LogP contribution in [-0.2, 0) is 0 Å². The summed E-state index contributed by atoms with van der Waals surface area (Å²) in [5.74, 6) is -0.101. The standard InChI is InChI=1S/C27H24O10/c1-3-34-15-10-17(30)23-21(11-15)37-27(25(32)24(23)31)14-5-7-18-20(9-14)36-26(22(12-28)35-18)13-4-6-16(29)19(8-13)33-2/h4-11,22,26,28-30,32H,3,12H2,1-2H3. The molecule has 4 aromatic rings. The molecule has 192 valence electrons. The molecule has 37 heavy (non-hydrogen) atoms. The van der Waals surface area contributed by atoms with Crippen LogP contribution in [0.3, 0.4) is 0 Å². The first kappa shape index (κ1) is 24.1. The molecule has 3 aromatic carbocycles. The molecule has 10 heteroatoms. The number of hydrogen-bond acceptors (Lipinski definition) is 10. The van der Waals surface area contributed by atoms with Gasteiger partial charge in [0.1, 0.15) is 22.5 Å². The van der Waals surface area contributed by atoms with Crippen LogP contribution in [0.4, 0.5) is 0 Å². The van der Waals surface area contributed by atoms with Gasteiger partial charge in [0.15, 0.2) is 41.0 Å². The molecule has 0 amide bonds. The fourth-order valence-electron chi connectivity index (χ4n) is 4.27. The van der Waals surface area contributed by atoms with Crippen molar-refractivity contribution in [1.82, 2.24) is 0 Å². The summed E-state index contributed by atoms with van der Waals surface area (Å²) < 4.78 is 28.5. The summed E-state index contributed by atoms with van der Waals surface area (Å²) in [6.45, 7) is 1.77. The minimum atomic E-state index is -0.805. The first-order chi connectivity index (χ1) is 17.8. The van der Waals surface area contributed by atoms with Crippen LogP contribution < -0.4 is 24.4 Å². The highest BCUT2D eigenvalue weighted by Gasteiger charge is 2.34. The third-order valence-corrected chi connectivity index (χ3v) is 6.02. The Hall–Kier alpha value is -4.57. The van der Waals surface area contributed by atoms with Gasteiger partial charge in [0.25, 0.3) is 0 Å². The van der Waals surface area contributed by atoms with Crippen LogP contribution in [0.2, 0.25) is 0 Å². The quantitative estimate of drug-likeness (QED) is 0.303. The molecule has 0 bridgehead atoms. The van der Waals surface area contributed by atoms with Gasteiger partial charge in [0, 0.05) is 23.3 Å². The molecular weight excluding hydrogens is 484 g/mol. The van der Waals surface area contributed by atoms with E-state index in [1.807, 2.05) is 0 Å². The van der Waals surface area contributed by atoms with E-state index in [1.54, 1.807) is 31.2 Å². The first-order valence-electron chi connectivity index (χ1n) is 11.5. The average molecular weight is 508 g/mol. The average Bonchev–Trinajstić information content (AvgIpc) is 2.89. The molecule has 0 saturated carbocycles. The number of benzene rings is 3. The third kappa shape index (κ3) is 4.21. The monoisotopic (exact) mass is 508 g/mol. The number of fused-ring (bicyclic) bond motifs is 2. The Morgan fingerprint density at radius 1 is 0.946 bits per heavy atom. The van der Waals surface area contributed by atoms with Crippen molar-refractivity contribution in [2.75, 3.05) is 20.3 Å². The summed E-state index contributed by atoms with van der Waals surface area (Å²) in [6, 6.07) is 12.1. The van der Waals surface area contributed by atoms with E-state index in [1.165, 1.54) is 31.4 Å². The van der Waals surface area contributed by atoms with Crippen molar-refractivity contribution in [3.8, 4) is 51.6 Å². The van der Waals surface area contributed by atoms with Crippen LogP contribution in [0.1, 0.15) is 18.6 Å². The predicted molar refractivity (Wildman–Crippen MR) is 132 cm³/mol. The van der Waals surface area contributed by atoms with E-state index < -0.39 is 23.4 Å². The van der Waals surface area contributed by atoms with Gasteiger partial charge in [-0.25, -0.2) is 0 Å². The van der Waals surface area contributed by atoms with Crippen LogP contribution in [0.5, 0.6) is 40.2 Å². The lowest BCUT2D eigenvalue weighted by Gasteiger charge is -2.33. The number of phenols is 2. The van der Waals surface area contributed by atoms with Crippen molar-refractivity contribution >= 4 is 11.0 Å². The SMILES string of the molecule is CCOc1cc(O)c2c(=O)c(O)c(-c3ccc4c(c3)OC(c3ccc(O)c(OC)c3)C(CO)O4)oc2c1. The topological polar surface area (TPSA) is 148 Å². The number of phenolic OH excluding ortho intramolecular Hbond substituents is 2. The maximum atomic E-state index is 12.9. The van der Waals surface area contributed by atoms with Gasteiger partial charge < -0.3 is 43.8 Å². The molecule has 2 heterocycles. The molecule has 1 aromatic heterocycles. The zero-order chi connectivity index (χ0) is 26.3. The lowest BCUT2D eigenvalue weighted by atomic mass is 10.0. The second kappa shape index (κ2) is 9.47. The Morgan fingerprint density at radius 2 is 1.76 bits per heavy atom. The predicted octanol–water partition coefficient (Wildman–Crippen LogP) is 3.86. The van der Waals surface area contributed by atoms with Crippen LogP contribution in [-0.4, -0.2) is 46.9 Å². The molecule has 0 saturated heterocycles. The zero-order valence-electron chi connectivity index (χ0n) is 19.9. The molecule has 1 aliphatic heterocycles. The Labute approximate surface area is 210 Å². The Kier molecular flexibility index (Phi) is 6.18. The molecule has 0 spiro atoms. The summed E-state index contributed by atoms with van der Waals surface area (Å²) in [5, 5.41) is 40.6. The van der Waals surface area contributed by atoms with Crippen LogP contribution in [0.15, 0.2) is 57.7 Å². The summed E-state index contributed by atoms with van der Waals surface area (Å²) in [6.07, 6.45) is -1.51. The third-order valence-electron chi connectivity index (χ3n) is 6.02. The number of ether oxygens (including phenoxy) is 4. The van der Waals surface area contributed by atoms with E-state index in [4.69, 9.17) is 23.4 Å². The summed E-state index contributed by atoms with van der Waals surface area (Å²) in [5.41, 5.74) is 0.125. The largest absolute Gasteiger partial charge is 0.507 e. The molecule has 2 atom stereocenters. The Balaban J connectivity index is 1.58. The summed E-state index contributed by atoms with van der Waals surface area (Å²) in [4.78, 5) is 12.9. The lowest BCUT2D eigenvalue weighted by molar-refractivity contribution is -0.0123. The molecule has 0 fully saturated rings. The van der Waals surface area contributed by atoms with Gasteiger partial charge in [-0.1, -0.05) is 6.07 Å². The van der Waals surface area contributed by atoms with Gasteiger partial charge in [-0.2, -0.15) is 0 Å². The highest BCUT2D eigenvalue weighted by atomic mass is 16.6. The maximum absolute atomic E-state index is 12.9. The minimum Gasteiger partial charge on any atom is -0.507 e. The Bertz CT molecular complexity index is 1540. The van der Waals surface area contributed by atoms with Gasteiger partial charge in [0.05, 0.1) is 20.3 Å². The van der Waals surface area contributed by atoms with Crippen LogP contribution in [0, 0.1) is 0 Å². The molecule has 5 rings (SSSR count).